The number of hydrogen-bond donors (Lipinski definition) is 4. The van der Waals surface area contributed by atoms with E-state index in [0.717, 1.165) is 38.0 Å². The average molecular weight is 391 g/mol. The zero-order valence-corrected chi connectivity index (χ0v) is 16.7. The number of nitrogens with one attached hydrogen (secondary N) is 2. The molecule has 0 aliphatic carbocycles. The first kappa shape index (κ1) is 21.6. The number of anilines is 1. The summed E-state index contributed by atoms with van der Waals surface area (Å²) in [7, 11) is 0. The molecule has 0 heterocycles. The van der Waals surface area contributed by atoms with Gasteiger partial charge in [-0.25, -0.2) is 0 Å². The van der Waals surface area contributed by atoms with Crippen molar-refractivity contribution in [2.24, 2.45) is 0 Å². The van der Waals surface area contributed by atoms with Gasteiger partial charge in [0.05, 0.1) is 6.10 Å². The summed E-state index contributed by atoms with van der Waals surface area (Å²) in [6.07, 6.45) is 5.37. The highest BCUT2D eigenvalue weighted by molar-refractivity contribution is 7.90. The Morgan fingerprint density at radius 2 is 1.70 bits per heavy atom. The van der Waals surface area contributed by atoms with Gasteiger partial charge in [-0.15, -0.1) is 0 Å². The fourth-order valence-electron chi connectivity index (χ4n) is 2.84. The lowest BCUT2D eigenvalue weighted by Crippen LogP contribution is -2.22. The molecule has 2 atom stereocenters. The van der Waals surface area contributed by atoms with E-state index in [4.69, 9.17) is 0 Å². The van der Waals surface area contributed by atoms with Gasteiger partial charge in [0, 0.05) is 24.8 Å². The molecule has 0 aliphatic heterocycles. The van der Waals surface area contributed by atoms with Gasteiger partial charge in [-0.2, -0.15) is 0 Å². The summed E-state index contributed by atoms with van der Waals surface area (Å²) in [5.41, 5.74) is 1.83. The molecule has 0 bridgehead atoms. The molecule has 0 radical (unpaired) electrons. The Balaban J connectivity index is 1.54. The number of para-hydroxylation sites is 1. The Morgan fingerprint density at radius 3 is 2.41 bits per heavy atom. The van der Waals surface area contributed by atoms with Crippen molar-refractivity contribution < 1.29 is 14.8 Å². The van der Waals surface area contributed by atoms with Crippen LogP contribution in [0.3, 0.4) is 0 Å². The molecule has 5 nitrogen and oxygen atoms in total. The molecule has 0 spiro atoms. The van der Waals surface area contributed by atoms with E-state index in [1.54, 1.807) is 12.1 Å². The van der Waals surface area contributed by atoms with Crippen LogP contribution in [0.25, 0.3) is 0 Å². The highest BCUT2D eigenvalue weighted by Crippen LogP contribution is 2.26. The zero-order chi connectivity index (χ0) is 19.5. The minimum Gasteiger partial charge on any atom is -0.612 e. The highest BCUT2D eigenvalue weighted by Gasteiger charge is 2.15. The molecule has 148 valence electrons. The third-order valence-corrected chi connectivity index (χ3v) is 5.35. The molecule has 0 aliphatic rings. The highest BCUT2D eigenvalue weighted by atomic mass is 32.2. The first-order valence-electron chi connectivity index (χ1n) is 9.42. The Hall–Kier alpha value is -1.73. The first-order valence-corrected chi connectivity index (χ1v) is 11.0. The Labute approximate surface area is 165 Å². The molecule has 0 aromatic heterocycles. The van der Waals surface area contributed by atoms with Crippen molar-refractivity contribution in [1.29, 1.82) is 0 Å². The van der Waals surface area contributed by atoms with E-state index in [0.29, 0.717) is 17.0 Å². The van der Waals surface area contributed by atoms with E-state index in [2.05, 4.69) is 22.8 Å². The fraction of sp³-hybridized carbons (Fsp3) is 0.429. The van der Waals surface area contributed by atoms with Gasteiger partial charge in [-0.05, 0) is 54.3 Å². The molecule has 0 fully saturated rings. The molecule has 0 saturated carbocycles. The standard InChI is InChI=1S/C21H30N2O3S/c1-27(26)21-15-17(11-12-19(21)24)20(25)16-22-13-7-2-3-8-14-23-18-9-5-4-6-10-18/h4-6,9-12,15,20,22-25H,2-3,7-8,13-14,16H2,1H3. The maximum absolute atomic E-state index is 11.6. The monoisotopic (exact) mass is 390 g/mol. The van der Waals surface area contributed by atoms with Gasteiger partial charge in [0.1, 0.15) is 6.26 Å². The van der Waals surface area contributed by atoms with Crippen molar-refractivity contribution in [3.8, 4) is 5.75 Å². The average Bonchev–Trinajstić information content (AvgIpc) is 2.67. The van der Waals surface area contributed by atoms with Crippen molar-refractivity contribution in [3.05, 3.63) is 54.1 Å². The summed E-state index contributed by atoms with van der Waals surface area (Å²) < 4.78 is 11.6. The van der Waals surface area contributed by atoms with E-state index in [1.165, 1.54) is 18.7 Å². The van der Waals surface area contributed by atoms with Crippen LogP contribution < -0.4 is 10.6 Å². The number of benzene rings is 2. The van der Waals surface area contributed by atoms with E-state index >= 15 is 0 Å². The third-order valence-electron chi connectivity index (χ3n) is 4.40. The van der Waals surface area contributed by atoms with Gasteiger partial charge in [-0.3, -0.25) is 0 Å². The smallest absolute Gasteiger partial charge is 0.194 e. The zero-order valence-electron chi connectivity index (χ0n) is 15.9. The van der Waals surface area contributed by atoms with E-state index in [-0.39, 0.29) is 5.75 Å². The Morgan fingerprint density at radius 1 is 1.00 bits per heavy atom. The number of rotatable bonds is 12. The van der Waals surface area contributed by atoms with Crippen LogP contribution in [-0.2, 0) is 11.2 Å². The van der Waals surface area contributed by atoms with Crippen LogP contribution in [0.5, 0.6) is 5.75 Å². The van der Waals surface area contributed by atoms with Gasteiger partial charge < -0.3 is 25.4 Å². The lowest BCUT2D eigenvalue weighted by atomic mass is 10.1. The van der Waals surface area contributed by atoms with E-state index < -0.39 is 17.3 Å². The molecule has 2 rings (SSSR count). The summed E-state index contributed by atoms with van der Waals surface area (Å²) in [5.74, 6) is 0.00139. The molecule has 2 unspecified atom stereocenters. The van der Waals surface area contributed by atoms with Gasteiger partial charge in [0.25, 0.3) is 0 Å². The molecule has 4 N–H and O–H groups in total. The van der Waals surface area contributed by atoms with Gasteiger partial charge in [0.2, 0.25) is 0 Å². The van der Waals surface area contributed by atoms with Crippen LogP contribution in [0, 0.1) is 0 Å². The van der Waals surface area contributed by atoms with Crippen molar-refractivity contribution >= 4 is 16.9 Å². The molecule has 27 heavy (non-hydrogen) atoms. The third kappa shape index (κ3) is 7.81. The predicted octanol–water partition coefficient (Wildman–Crippen LogP) is 3.43. The summed E-state index contributed by atoms with van der Waals surface area (Å²) in [5, 5.41) is 26.6. The van der Waals surface area contributed by atoms with Crippen molar-refractivity contribution in [3.63, 3.8) is 0 Å². The second-order valence-electron chi connectivity index (χ2n) is 6.61. The number of unbranched alkanes of at least 4 members (excludes halogenated alkanes) is 3. The van der Waals surface area contributed by atoms with Crippen LogP contribution in [0.2, 0.25) is 0 Å². The summed E-state index contributed by atoms with van der Waals surface area (Å²) in [6.45, 7) is 2.28. The van der Waals surface area contributed by atoms with Crippen LogP contribution in [0.1, 0.15) is 37.4 Å². The minimum atomic E-state index is -1.28. The van der Waals surface area contributed by atoms with E-state index in [9.17, 15) is 14.8 Å². The maximum atomic E-state index is 11.6. The quantitative estimate of drug-likeness (QED) is 0.329. The van der Waals surface area contributed by atoms with Crippen molar-refractivity contribution in [1.82, 2.24) is 5.32 Å². The van der Waals surface area contributed by atoms with Crippen molar-refractivity contribution in [2.75, 3.05) is 31.2 Å². The SMILES string of the molecule is C[S+]([O-])c1cc(C(O)CNCCCCCCNc2ccccc2)ccc1O. The first-order chi connectivity index (χ1) is 13.1. The minimum absolute atomic E-state index is 0.00139. The molecule has 0 saturated heterocycles. The molecule has 2 aromatic carbocycles. The maximum Gasteiger partial charge on any atom is 0.194 e. The summed E-state index contributed by atoms with van der Waals surface area (Å²) in [4.78, 5) is 0.357. The lowest BCUT2D eigenvalue weighted by molar-refractivity contribution is 0.174. The second kappa shape index (κ2) is 11.9. The normalized spacial score (nSPS) is 13.3. The number of hydrogen-bond acceptors (Lipinski definition) is 5. The predicted molar refractivity (Wildman–Crippen MR) is 112 cm³/mol. The lowest BCUT2D eigenvalue weighted by Gasteiger charge is -2.14. The number of aliphatic hydroxyl groups excluding tert-OH is 1. The summed E-state index contributed by atoms with van der Waals surface area (Å²) >= 11 is -1.28. The number of phenols is 1. The Kier molecular flexibility index (Phi) is 9.48. The number of aromatic hydroxyl groups is 1. The van der Waals surface area contributed by atoms with Gasteiger partial charge in [-0.1, -0.05) is 37.1 Å². The summed E-state index contributed by atoms with van der Waals surface area (Å²) in [6, 6.07) is 15.0. The molecule has 0 amide bonds. The van der Waals surface area contributed by atoms with Gasteiger partial charge in [0.15, 0.2) is 10.6 Å². The van der Waals surface area contributed by atoms with Crippen molar-refractivity contribution in [2.45, 2.75) is 36.7 Å². The van der Waals surface area contributed by atoms with Gasteiger partial charge >= 0.3 is 0 Å². The van der Waals surface area contributed by atoms with Crippen LogP contribution >= 0.6 is 0 Å². The largest absolute Gasteiger partial charge is 0.612 e. The fourth-order valence-corrected chi connectivity index (χ4v) is 3.51. The van der Waals surface area contributed by atoms with Crippen LogP contribution in [0.4, 0.5) is 5.69 Å². The van der Waals surface area contributed by atoms with Crippen LogP contribution in [-0.4, -0.2) is 40.7 Å². The topological polar surface area (TPSA) is 87.6 Å². The Bertz CT molecular complexity index is 668. The molecule has 6 heteroatoms. The molecular weight excluding hydrogens is 360 g/mol. The number of phenolic OH excluding ortho intramolecular Hbond substituents is 1. The van der Waals surface area contributed by atoms with Crippen LogP contribution in [0.15, 0.2) is 53.4 Å². The second-order valence-corrected chi connectivity index (χ2v) is 7.96. The number of aliphatic hydroxyl groups is 1. The van der Waals surface area contributed by atoms with E-state index in [1.807, 2.05) is 18.2 Å². The molecule has 2 aromatic rings. The molecular formula is C21H30N2O3S.